The number of hydrogen-bond acceptors (Lipinski definition) is 3. The van der Waals surface area contributed by atoms with Gasteiger partial charge >= 0.3 is 0 Å². The van der Waals surface area contributed by atoms with Crippen molar-refractivity contribution < 1.29 is 4.79 Å². The molecular formula is C26H37N3O. The summed E-state index contributed by atoms with van der Waals surface area (Å²) >= 11 is 0. The lowest BCUT2D eigenvalue weighted by Crippen LogP contribution is -2.50. The SMILES string of the molecule is Cc1ccc(N2C(=O)C3(CCCCC3)[C@H](N3CCCC3)C2=NC2CCCCC2)cc1. The van der Waals surface area contributed by atoms with E-state index in [9.17, 15) is 4.79 Å². The lowest BCUT2D eigenvalue weighted by molar-refractivity contribution is -0.129. The Morgan fingerprint density at radius 1 is 0.867 bits per heavy atom. The van der Waals surface area contributed by atoms with Crippen molar-refractivity contribution in [1.82, 2.24) is 4.90 Å². The van der Waals surface area contributed by atoms with Gasteiger partial charge in [0.1, 0.15) is 5.84 Å². The van der Waals surface area contributed by atoms with Crippen molar-refractivity contribution in [2.75, 3.05) is 18.0 Å². The maximum absolute atomic E-state index is 14.2. The first-order valence-corrected chi connectivity index (χ1v) is 12.4. The molecule has 2 saturated heterocycles. The molecule has 0 bridgehead atoms. The van der Waals surface area contributed by atoms with Crippen molar-refractivity contribution in [3.63, 3.8) is 0 Å². The quantitative estimate of drug-likeness (QED) is 0.664. The van der Waals surface area contributed by atoms with Crippen LogP contribution in [0.5, 0.6) is 0 Å². The highest BCUT2D eigenvalue weighted by Crippen LogP contribution is 2.50. The molecule has 5 rings (SSSR count). The molecule has 1 spiro atoms. The van der Waals surface area contributed by atoms with Gasteiger partial charge in [0.15, 0.2) is 0 Å². The number of amidine groups is 1. The summed E-state index contributed by atoms with van der Waals surface area (Å²) < 4.78 is 0. The molecule has 2 heterocycles. The predicted molar refractivity (Wildman–Crippen MR) is 123 cm³/mol. The van der Waals surface area contributed by atoms with E-state index in [-0.39, 0.29) is 11.5 Å². The largest absolute Gasteiger partial charge is 0.293 e. The molecule has 2 aliphatic heterocycles. The van der Waals surface area contributed by atoms with Gasteiger partial charge < -0.3 is 0 Å². The van der Waals surface area contributed by atoms with Crippen molar-refractivity contribution in [2.45, 2.75) is 96.1 Å². The van der Waals surface area contributed by atoms with Crippen LogP contribution >= 0.6 is 0 Å². The Bertz CT molecular complexity index is 781. The first kappa shape index (κ1) is 20.2. The number of carbonyl (C=O) groups is 1. The second-order valence-corrected chi connectivity index (χ2v) is 10.1. The molecule has 2 saturated carbocycles. The summed E-state index contributed by atoms with van der Waals surface area (Å²) in [7, 11) is 0. The van der Waals surface area contributed by atoms with Crippen LogP contribution in [0.25, 0.3) is 0 Å². The Labute approximate surface area is 181 Å². The molecule has 4 fully saturated rings. The summed E-state index contributed by atoms with van der Waals surface area (Å²) in [5.74, 6) is 1.41. The van der Waals surface area contributed by atoms with E-state index < -0.39 is 0 Å². The number of anilines is 1. The zero-order valence-electron chi connectivity index (χ0n) is 18.6. The lowest BCUT2D eigenvalue weighted by atomic mass is 9.69. The molecule has 1 aromatic rings. The number of hydrogen-bond donors (Lipinski definition) is 0. The molecule has 0 N–H and O–H groups in total. The minimum Gasteiger partial charge on any atom is -0.293 e. The van der Waals surface area contributed by atoms with Gasteiger partial charge in [-0.3, -0.25) is 19.6 Å². The molecule has 0 radical (unpaired) electrons. The number of nitrogens with zero attached hydrogens (tertiary/aromatic N) is 3. The standard InChI is InChI=1S/C26H37N3O/c1-20-12-14-22(15-13-20)29-24(27-21-10-4-2-5-11-21)23(28-18-8-9-19-28)26(25(29)30)16-6-3-7-17-26/h12-15,21,23H,2-11,16-19H2,1H3/t23-/m1/s1. The molecule has 4 nitrogen and oxygen atoms in total. The first-order valence-electron chi connectivity index (χ1n) is 12.4. The van der Waals surface area contributed by atoms with Crippen LogP contribution in [0.4, 0.5) is 5.69 Å². The van der Waals surface area contributed by atoms with E-state index in [1.54, 1.807) is 0 Å². The number of aliphatic imine (C=N–C) groups is 1. The normalized spacial score (nSPS) is 29.4. The number of likely N-dealkylation sites (tertiary alicyclic amines) is 1. The van der Waals surface area contributed by atoms with Crippen molar-refractivity contribution in [2.24, 2.45) is 10.4 Å². The summed E-state index contributed by atoms with van der Waals surface area (Å²) in [6.45, 7) is 4.35. The van der Waals surface area contributed by atoms with Crippen molar-refractivity contribution in [3.8, 4) is 0 Å². The zero-order valence-corrected chi connectivity index (χ0v) is 18.6. The Morgan fingerprint density at radius 2 is 1.50 bits per heavy atom. The zero-order chi connectivity index (χ0) is 20.6. The Hall–Kier alpha value is -1.68. The van der Waals surface area contributed by atoms with E-state index in [1.807, 2.05) is 0 Å². The van der Waals surface area contributed by atoms with E-state index in [1.165, 1.54) is 69.8 Å². The number of rotatable bonds is 3. The van der Waals surface area contributed by atoms with Gasteiger partial charge in [0.2, 0.25) is 5.91 Å². The topological polar surface area (TPSA) is 35.9 Å². The van der Waals surface area contributed by atoms with Crippen LogP contribution in [0.3, 0.4) is 0 Å². The van der Waals surface area contributed by atoms with Gasteiger partial charge in [-0.1, -0.05) is 56.2 Å². The number of aryl methyl sites for hydroxylation is 1. The van der Waals surface area contributed by atoms with Crippen molar-refractivity contribution in [3.05, 3.63) is 29.8 Å². The molecule has 0 aromatic heterocycles. The molecule has 4 aliphatic rings. The molecule has 1 aromatic carbocycles. The van der Waals surface area contributed by atoms with Crippen LogP contribution in [0.15, 0.2) is 29.3 Å². The molecule has 30 heavy (non-hydrogen) atoms. The van der Waals surface area contributed by atoms with Crippen LogP contribution in [-0.2, 0) is 4.79 Å². The van der Waals surface area contributed by atoms with Gasteiger partial charge in [-0.15, -0.1) is 0 Å². The Kier molecular flexibility index (Phi) is 5.70. The highest BCUT2D eigenvalue weighted by atomic mass is 16.2. The highest BCUT2D eigenvalue weighted by molar-refractivity contribution is 6.27. The van der Waals surface area contributed by atoms with E-state index in [2.05, 4.69) is 41.0 Å². The summed E-state index contributed by atoms with van der Waals surface area (Å²) in [6.07, 6.45) is 14.4. The third-order valence-electron chi connectivity index (χ3n) is 8.06. The van der Waals surface area contributed by atoms with Crippen LogP contribution in [0.2, 0.25) is 0 Å². The van der Waals surface area contributed by atoms with Gasteiger partial charge in [0, 0.05) is 0 Å². The van der Waals surface area contributed by atoms with Crippen molar-refractivity contribution in [1.29, 1.82) is 0 Å². The maximum atomic E-state index is 14.2. The second-order valence-electron chi connectivity index (χ2n) is 10.1. The van der Waals surface area contributed by atoms with Crippen LogP contribution in [0, 0.1) is 12.3 Å². The predicted octanol–water partition coefficient (Wildman–Crippen LogP) is 5.49. The average Bonchev–Trinajstić information content (AvgIpc) is 3.37. The monoisotopic (exact) mass is 407 g/mol. The molecule has 1 amide bonds. The lowest BCUT2D eigenvalue weighted by Gasteiger charge is -2.40. The fourth-order valence-electron chi connectivity index (χ4n) is 6.46. The smallest absolute Gasteiger partial charge is 0.240 e. The minimum atomic E-state index is -0.263. The minimum absolute atomic E-state index is 0.177. The number of carbonyl (C=O) groups excluding carboxylic acids is 1. The van der Waals surface area contributed by atoms with Crippen LogP contribution < -0.4 is 4.90 Å². The molecular weight excluding hydrogens is 370 g/mol. The van der Waals surface area contributed by atoms with Gasteiger partial charge in [0.05, 0.1) is 23.2 Å². The summed E-state index contributed by atoms with van der Waals surface area (Å²) in [6, 6.07) is 9.10. The highest BCUT2D eigenvalue weighted by Gasteiger charge is 2.60. The average molecular weight is 408 g/mol. The van der Waals surface area contributed by atoms with Gasteiger partial charge in [-0.25, -0.2) is 0 Å². The maximum Gasteiger partial charge on any atom is 0.240 e. The second kappa shape index (κ2) is 8.45. The number of amides is 1. The molecule has 0 unspecified atom stereocenters. The number of benzene rings is 1. The third-order valence-corrected chi connectivity index (χ3v) is 8.06. The van der Waals surface area contributed by atoms with E-state index >= 15 is 0 Å². The summed E-state index contributed by atoms with van der Waals surface area (Å²) in [5, 5.41) is 0. The Morgan fingerprint density at radius 3 is 2.17 bits per heavy atom. The van der Waals surface area contributed by atoms with Crippen LogP contribution in [0.1, 0.15) is 82.6 Å². The summed E-state index contributed by atoms with van der Waals surface area (Å²) in [5.41, 5.74) is 1.99. The van der Waals surface area contributed by atoms with E-state index in [0.717, 1.165) is 37.5 Å². The van der Waals surface area contributed by atoms with Crippen LogP contribution in [-0.4, -0.2) is 41.8 Å². The van der Waals surface area contributed by atoms with E-state index in [0.29, 0.717) is 11.9 Å². The van der Waals surface area contributed by atoms with Gasteiger partial charge in [-0.05, 0) is 70.7 Å². The molecule has 162 valence electrons. The van der Waals surface area contributed by atoms with E-state index in [4.69, 9.17) is 4.99 Å². The molecule has 2 aliphatic carbocycles. The van der Waals surface area contributed by atoms with Gasteiger partial charge in [0.25, 0.3) is 0 Å². The molecule has 1 atom stereocenters. The third kappa shape index (κ3) is 3.51. The first-order chi connectivity index (χ1) is 14.7. The molecule has 4 heteroatoms. The Balaban J connectivity index is 1.62. The van der Waals surface area contributed by atoms with Crippen molar-refractivity contribution >= 4 is 17.4 Å². The van der Waals surface area contributed by atoms with Gasteiger partial charge in [-0.2, -0.15) is 0 Å². The fourth-order valence-corrected chi connectivity index (χ4v) is 6.46. The summed E-state index contributed by atoms with van der Waals surface area (Å²) in [4.78, 5) is 24.3. The fraction of sp³-hybridized carbons (Fsp3) is 0.692.